The Bertz CT molecular complexity index is 719. The van der Waals surface area contributed by atoms with Gasteiger partial charge in [-0.15, -0.1) is 5.10 Å². The lowest BCUT2D eigenvalue weighted by Crippen LogP contribution is -2.31. The van der Waals surface area contributed by atoms with E-state index in [9.17, 15) is 9.59 Å². The molecule has 0 spiro atoms. The van der Waals surface area contributed by atoms with Gasteiger partial charge >= 0.3 is 0 Å². The van der Waals surface area contributed by atoms with Crippen LogP contribution in [0.5, 0.6) is 0 Å². The zero-order valence-electron chi connectivity index (χ0n) is 13.9. The van der Waals surface area contributed by atoms with Crippen molar-refractivity contribution in [3.63, 3.8) is 0 Å². The number of thioether (sulfide) groups is 1. The van der Waals surface area contributed by atoms with Crippen LogP contribution in [0, 0.1) is 0 Å². The molecule has 1 aromatic heterocycles. The first-order valence-electron chi connectivity index (χ1n) is 8.37. The van der Waals surface area contributed by atoms with E-state index in [-0.39, 0.29) is 17.6 Å². The van der Waals surface area contributed by atoms with Gasteiger partial charge in [0.2, 0.25) is 17.0 Å². The maximum absolute atomic E-state index is 11.9. The van der Waals surface area contributed by atoms with Crippen LogP contribution in [-0.2, 0) is 9.59 Å². The standard InChI is InChI=1S/C17H21N5O2S/c23-14(18-9-5-11-22-10-4-8-15(22)24)12-25-17-19-16(20-21-17)13-6-2-1-3-7-13/h1-3,6-7H,4-5,8-12H2,(H,18,23)(H,19,20,21). The lowest BCUT2D eigenvalue weighted by atomic mass is 10.2. The molecule has 132 valence electrons. The number of hydrogen-bond donors (Lipinski definition) is 2. The lowest BCUT2D eigenvalue weighted by Gasteiger charge is -2.15. The van der Waals surface area contributed by atoms with Crippen molar-refractivity contribution in [2.45, 2.75) is 24.4 Å². The molecule has 2 amide bonds. The van der Waals surface area contributed by atoms with Gasteiger partial charge in [0.1, 0.15) is 0 Å². The summed E-state index contributed by atoms with van der Waals surface area (Å²) in [5.74, 6) is 1.14. The molecule has 0 atom stereocenters. The second-order valence-electron chi connectivity index (χ2n) is 5.81. The van der Waals surface area contributed by atoms with E-state index >= 15 is 0 Å². The number of rotatable bonds is 8. The number of carbonyl (C=O) groups is 2. The number of aromatic nitrogens is 3. The molecule has 2 aromatic rings. The minimum atomic E-state index is -0.0520. The second-order valence-corrected chi connectivity index (χ2v) is 6.75. The van der Waals surface area contributed by atoms with Crippen LogP contribution in [0.2, 0.25) is 0 Å². The molecule has 0 radical (unpaired) electrons. The van der Waals surface area contributed by atoms with Gasteiger partial charge in [-0.3, -0.25) is 14.7 Å². The Morgan fingerprint density at radius 3 is 2.92 bits per heavy atom. The molecule has 0 aliphatic carbocycles. The molecule has 7 nitrogen and oxygen atoms in total. The SMILES string of the molecule is O=C(CSc1n[nH]c(-c2ccccc2)n1)NCCCN1CCCC1=O. The second kappa shape index (κ2) is 8.66. The van der Waals surface area contributed by atoms with Gasteiger partial charge in [0, 0.05) is 31.6 Å². The van der Waals surface area contributed by atoms with E-state index in [1.165, 1.54) is 11.8 Å². The highest BCUT2D eigenvalue weighted by molar-refractivity contribution is 7.99. The Labute approximate surface area is 150 Å². The third-order valence-electron chi connectivity index (χ3n) is 3.94. The van der Waals surface area contributed by atoms with Crippen molar-refractivity contribution in [3.8, 4) is 11.4 Å². The fourth-order valence-corrected chi connectivity index (χ4v) is 3.28. The monoisotopic (exact) mass is 359 g/mol. The number of amides is 2. The number of carbonyl (C=O) groups excluding carboxylic acids is 2. The van der Waals surface area contributed by atoms with Crippen molar-refractivity contribution < 1.29 is 9.59 Å². The van der Waals surface area contributed by atoms with Crippen molar-refractivity contribution in [2.75, 3.05) is 25.4 Å². The zero-order valence-corrected chi connectivity index (χ0v) is 14.7. The van der Waals surface area contributed by atoms with Gasteiger partial charge in [-0.1, -0.05) is 42.1 Å². The van der Waals surface area contributed by atoms with Gasteiger partial charge < -0.3 is 10.2 Å². The van der Waals surface area contributed by atoms with Crippen LogP contribution in [0.15, 0.2) is 35.5 Å². The molecule has 2 N–H and O–H groups in total. The Balaban J connectivity index is 1.35. The Morgan fingerprint density at radius 1 is 1.32 bits per heavy atom. The third-order valence-corrected chi connectivity index (χ3v) is 4.79. The fraction of sp³-hybridized carbons (Fsp3) is 0.412. The number of hydrogen-bond acceptors (Lipinski definition) is 5. The molecule has 0 saturated carbocycles. The first kappa shape index (κ1) is 17.5. The molecule has 1 aliphatic rings. The predicted octanol–water partition coefficient (Wildman–Crippen LogP) is 1.69. The first-order chi connectivity index (χ1) is 12.2. The molecule has 2 heterocycles. The van der Waals surface area contributed by atoms with Crippen LogP contribution in [0.25, 0.3) is 11.4 Å². The summed E-state index contributed by atoms with van der Waals surface area (Å²) in [5, 5.41) is 10.4. The van der Waals surface area contributed by atoms with E-state index in [1.807, 2.05) is 35.2 Å². The van der Waals surface area contributed by atoms with Crippen LogP contribution in [0.4, 0.5) is 0 Å². The molecule has 1 aliphatic heterocycles. The summed E-state index contributed by atoms with van der Waals surface area (Å²) in [6, 6.07) is 9.72. The predicted molar refractivity (Wildman–Crippen MR) is 96.0 cm³/mol. The molecule has 0 bridgehead atoms. The molecule has 1 saturated heterocycles. The summed E-state index contributed by atoms with van der Waals surface area (Å²) in [6.45, 7) is 2.14. The molecule has 1 aromatic carbocycles. The molecular formula is C17H21N5O2S. The van der Waals surface area contributed by atoms with Crippen molar-refractivity contribution >= 4 is 23.6 Å². The van der Waals surface area contributed by atoms with Crippen LogP contribution >= 0.6 is 11.8 Å². The lowest BCUT2D eigenvalue weighted by molar-refractivity contribution is -0.127. The minimum absolute atomic E-state index is 0.0520. The number of H-pyrrole nitrogens is 1. The average Bonchev–Trinajstić information content (AvgIpc) is 3.27. The minimum Gasteiger partial charge on any atom is -0.355 e. The van der Waals surface area contributed by atoms with E-state index in [0.717, 1.165) is 24.9 Å². The number of benzene rings is 1. The summed E-state index contributed by atoms with van der Waals surface area (Å²) in [5.41, 5.74) is 0.961. The Kier molecular flexibility index (Phi) is 6.05. The van der Waals surface area contributed by atoms with Crippen LogP contribution in [0.3, 0.4) is 0 Å². The smallest absolute Gasteiger partial charge is 0.230 e. The van der Waals surface area contributed by atoms with E-state index in [2.05, 4.69) is 20.5 Å². The third kappa shape index (κ3) is 5.06. The van der Waals surface area contributed by atoms with E-state index < -0.39 is 0 Å². The summed E-state index contributed by atoms with van der Waals surface area (Å²) in [7, 11) is 0. The average molecular weight is 359 g/mol. The van der Waals surface area contributed by atoms with Gasteiger partial charge in [-0.05, 0) is 12.8 Å². The summed E-state index contributed by atoms with van der Waals surface area (Å²) >= 11 is 1.30. The zero-order chi connectivity index (χ0) is 17.5. The Hall–Kier alpha value is -2.35. The van der Waals surface area contributed by atoms with Crippen molar-refractivity contribution in [2.24, 2.45) is 0 Å². The largest absolute Gasteiger partial charge is 0.355 e. The van der Waals surface area contributed by atoms with Gasteiger partial charge in [0.15, 0.2) is 5.82 Å². The summed E-state index contributed by atoms with van der Waals surface area (Å²) in [6.07, 6.45) is 2.38. The highest BCUT2D eigenvalue weighted by Crippen LogP contribution is 2.18. The summed E-state index contributed by atoms with van der Waals surface area (Å²) in [4.78, 5) is 29.6. The van der Waals surface area contributed by atoms with E-state index in [0.29, 0.717) is 30.5 Å². The van der Waals surface area contributed by atoms with Crippen LogP contribution < -0.4 is 5.32 Å². The summed E-state index contributed by atoms with van der Waals surface area (Å²) < 4.78 is 0. The van der Waals surface area contributed by atoms with E-state index in [1.54, 1.807) is 0 Å². The van der Waals surface area contributed by atoms with Crippen molar-refractivity contribution in [1.82, 2.24) is 25.4 Å². The van der Waals surface area contributed by atoms with Gasteiger partial charge in [-0.2, -0.15) is 0 Å². The molecular weight excluding hydrogens is 338 g/mol. The highest BCUT2D eigenvalue weighted by Gasteiger charge is 2.19. The van der Waals surface area contributed by atoms with Gasteiger partial charge in [-0.25, -0.2) is 4.98 Å². The molecule has 25 heavy (non-hydrogen) atoms. The fourth-order valence-electron chi connectivity index (χ4n) is 2.66. The molecule has 3 rings (SSSR count). The maximum Gasteiger partial charge on any atom is 0.230 e. The quantitative estimate of drug-likeness (QED) is 0.553. The van der Waals surface area contributed by atoms with Crippen LogP contribution in [0.1, 0.15) is 19.3 Å². The topological polar surface area (TPSA) is 91.0 Å². The number of nitrogens with one attached hydrogen (secondary N) is 2. The normalized spacial score (nSPS) is 14.1. The molecule has 1 fully saturated rings. The van der Waals surface area contributed by atoms with Gasteiger partial charge in [0.05, 0.1) is 5.75 Å². The van der Waals surface area contributed by atoms with Gasteiger partial charge in [0.25, 0.3) is 0 Å². The number of likely N-dealkylation sites (tertiary alicyclic amines) is 1. The van der Waals surface area contributed by atoms with Crippen LogP contribution in [-0.4, -0.2) is 57.3 Å². The Morgan fingerprint density at radius 2 is 2.16 bits per heavy atom. The molecule has 8 heteroatoms. The molecule has 0 unspecified atom stereocenters. The maximum atomic E-state index is 11.9. The first-order valence-corrected chi connectivity index (χ1v) is 9.36. The van der Waals surface area contributed by atoms with Crippen molar-refractivity contribution in [3.05, 3.63) is 30.3 Å². The van der Waals surface area contributed by atoms with Crippen molar-refractivity contribution in [1.29, 1.82) is 0 Å². The van der Waals surface area contributed by atoms with E-state index in [4.69, 9.17) is 0 Å². The number of aromatic amines is 1. The number of nitrogens with zero attached hydrogens (tertiary/aromatic N) is 3. The highest BCUT2D eigenvalue weighted by atomic mass is 32.2.